The lowest BCUT2D eigenvalue weighted by atomic mass is 10.4. The molecular weight excluding hydrogens is 224 g/mol. The van der Waals surface area contributed by atoms with E-state index in [1.54, 1.807) is 7.11 Å². The minimum atomic E-state index is -0.954. The minimum absolute atomic E-state index is 0.122. The van der Waals surface area contributed by atoms with Crippen LogP contribution in [0.5, 0.6) is 0 Å². The van der Waals surface area contributed by atoms with Crippen molar-refractivity contribution in [1.29, 1.82) is 0 Å². The summed E-state index contributed by atoms with van der Waals surface area (Å²) < 4.78 is 4.44. The van der Waals surface area contributed by atoms with Crippen LogP contribution in [0.4, 0.5) is 0 Å². The molecule has 0 atom stereocenters. The van der Waals surface area contributed by atoms with Gasteiger partial charge in [-0.2, -0.15) is 0 Å². The summed E-state index contributed by atoms with van der Waals surface area (Å²) in [5.41, 5.74) is 0. The molecular formula is C12H22O5. The van der Waals surface area contributed by atoms with Gasteiger partial charge in [-0.25, -0.2) is 0 Å². The fourth-order valence-corrected chi connectivity index (χ4v) is 0.534. The highest BCUT2D eigenvalue weighted by Gasteiger charge is 1.93. The van der Waals surface area contributed by atoms with E-state index < -0.39 is 6.10 Å². The second kappa shape index (κ2) is 17.4. The molecule has 0 heterocycles. The highest BCUT2D eigenvalue weighted by molar-refractivity contribution is 4.99. The second-order valence-electron chi connectivity index (χ2n) is 2.89. The third-order valence-corrected chi connectivity index (χ3v) is 1.38. The summed E-state index contributed by atoms with van der Waals surface area (Å²) in [4.78, 5) is 0. The van der Waals surface area contributed by atoms with Crippen LogP contribution in [0.25, 0.3) is 0 Å². The molecule has 0 radical (unpaired) electrons. The summed E-state index contributed by atoms with van der Waals surface area (Å²) in [5.74, 6) is 0. The maximum absolute atomic E-state index is 8.17. The third-order valence-electron chi connectivity index (χ3n) is 1.38. The molecule has 1 aromatic rings. The van der Waals surface area contributed by atoms with Crippen LogP contribution in [0.2, 0.25) is 0 Å². The first-order valence-electron chi connectivity index (χ1n) is 5.22. The van der Waals surface area contributed by atoms with Gasteiger partial charge in [-0.05, 0) is 0 Å². The molecule has 0 fully saturated rings. The first-order chi connectivity index (χ1) is 8.22. The van der Waals surface area contributed by atoms with Crippen molar-refractivity contribution in [1.82, 2.24) is 0 Å². The Morgan fingerprint density at radius 1 is 0.882 bits per heavy atom. The van der Waals surface area contributed by atoms with E-state index in [1.807, 2.05) is 36.4 Å². The molecule has 0 saturated carbocycles. The summed E-state index contributed by atoms with van der Waals surface area (Å²) in [7, 11) is 1.55. The van der Waals surface area contributed by atoms with Gasteiger partial charge in [0.25, 0.3) is 0 Å². The molecule has 0 amide bonds. The standard InChI is InChI=1S/C6H6.C3H8O3.C3H8O2/c1-2-4-6-5-3-1;4-1-3(6)2-5;1-5-3-2-4/h1-6H;3-6H,1-2H2;4H,2-3H2,1H3. The van der Waals surface area contributed by atoms with Gasteiger partial charge in [-0.15, -0.1) is 0 Å². The summed E-state index contributed by atoms with van der Waals surface area (Å²) in [5, 5.41) is 32.0. The molecule has 0 aliphatic carbocycles. The molecule has 1 rings (SSSR count). The predicted octanol–water partition coefficient (Wildman–Crippen LogP) is -0.356. The van der Waals surface area contributed by atoms with Gasteiger partial charge in [-0.1, -0.05) is 36.4 Å². The maximum Gasteiger partial charge on any atom is 0.100 e. The third kappa shape index (κ3) is 21.0. The molecule has 0 spiro atoms. The highest BCUT2D eigenvalue weighted by Crippen LogP contribution is 1.79. The van der Waals surface area contributed by atoms with Gasteiger partial charge >= 0.3 is 0 Å². The van der Waals surface area contributed by atoms with E-state index in [9.17, 15) is 0 Å². The number of benzene rings is 1. The van der Waals surface area contributed by atoms with E-state index in [2.05, 4.69) is 4.74 Å². The van der Waals surface area contributed by atoms with E-state index >= 15 is 0 Å². The van der Waals surface area contributed by atoms with Crippen LogP contribution < -0.4 is 0 Å². The molecule has 0 aromatic heterocycles. The molecule has 0 saturated heterocycles. The number of methoxy groups -OCH3 is 1. The Morgan fingerprint density at radius 2 is 1.24 bits per heavy atom. The zero-order chi connectivity index (χ0) is 13.4. The van der Waals surface area contributed by atoms with E-state index in [0.717, 1.165) is 0 Å². The summed E-state index contributed by atoms with van der Waals surface area (Å²) in [6.45, 7) is -0.163. The fraction of sp³-hybridized carbons (Fsp3) is 0.500. The van der Waals surface area contributed by atoms with Gasteiger partial charge in [0.05, 0.1) is 26.4 Å². The number of rotatable bonds is 4. The number of aliphatic hydroxyl groups excluding tert-OH is 4. The molecule has 1 aromatic carbocycles. The van der Waals surface area contributed by atoms with Gasteiger partial charge in [0, 0.05) is 7.11 Å². The second-order valence-corrected chi connectivity index (χ2v) is 2.89. The van der Waals surface area contributed by atoms with Crippen LogP contribution in [0.1, 0.15) is 0 Å². The largest absolute Gasteiger partial charge is 0.394 e. The predicted molar refractivity (Wildman–Crippen MR) is 65.6 cm³/mol. The Balaban J connectivity index is 0. The summed E-state index contributed by atoms with van der Waals surface area (Å²) in [6.07, 6.45) is -0.954. The van der Waals surface area contributed by atoms with Crippen molar-refractivity contribution in [2.75, 3.05) is 33.5 Å². The average molecular weight is 246 g/mol. The molecule has 17 heavy (non-hydrogen) atoms. The average Bonchev–Trinajstić information content (AvgIpc) is 2.42. The maximum atomic E-state index is 8.17. The smallest absolute Gasteiger partial charge is 0.100 e. The van der Waals surface area contributed by atoms with Crippen molar-refractivity contribution in [3.63, 3.8) is 0 Å². The molecule has 0 bridgehead atoms. The monoisotopic (exact) mass is 246 g/mol. The van der Waals surface area contributed by atoms with Crippen LogP contribution in [-0.4, -0.2) is 60.1 Å². The Morgan fingerprint density at radius 3 is 1.29 bits per heavy atom. The van der Waals surface area contributed by atoms with Crippen LogP contribution in [0.15, 0.2) is 36.4 Å². The van der Waals surface area contributed by atoms with Gasteiger partial charge < -0.3 is 25.2 Å². The van der Waals surface area contributed by atoms with E-state index in [-0.39, 0.29) is 19.8 Å². The zero-order valence-electron chi connectivity index (χ0n) is 10.1. The lowest BCUT2D eigenvalue weighted by molar-refractivity contribution is 0.0450. The first-order valence-corrected chi connectivity index (χ1v) is 5.22. The van der Waals surface area contributed by atoms with Crippen LogP contribution in [0.3, 0.4) is 0 Å². The zero-order valence-corrected chi connectivity index (χ0v) is 10.1. The Hall–Kier alpha value is -0.980. The van der Waals surface area contributed by atoms with E-state index in [1.165, 1.54) is 0 Å². The van der Waals surface area contributed by atoms with Gasteiger partial charge in [0.2, 0.25) is 0 Å². The summed E-state index contributed by atoms with van der Waals surface area (Å²) >= 11 is 0. The normalized spacial score (nSPS) is 8.82. The number of hydrogen-bond acceptors (Lipinski definition) is 5. The molecule has 0 aliphatic rings. The molecule has 100 valence electrons. The Kier molecular flexibility index (Phi) is 18.8. The van der Waals surface area contributed by atoms with Crippen molar-refractivity contribution < 1.29 is 25.2 Å². The number of aliphatic hydroxyl groups is 4. The highest BCUT2D eigenvalue weighted by atomic mass is 16.5. The Bertz CT molecular complexity index is 173. The van der Waals surface area contributed by atoms with Crippen LogP contribution >= 0.6 is 0 Å². The lowest BCUT2D eigenvalue weighted by Gasteiger charge is -1.96. The molecule has 0 aliphatic heterocycles. The first kappa shape index (κ1) is 18.4. The van der Waals surface area contributed by atoms with Crippen LogP contribution in [-0.2, 0) is 4.74 Å². The summed E-state index contributed by atoms with van der Waals surface area (Å²) in [6, 6.07) is 12.0. The lowest BCUT2D eigenvalue weighted by Crippen LogP contribution is -2.15. The van der Waals surface area contributed by atoms with Gasteiger partial charge in [0.15, 0.2) is 0 Å². The van der Waals surface area contributed by atoms with E-state index in [0.29, 0.717) is 6.61 Å². The van der Waals surface area contributed by atoms with E-state index in [4.69, 9.17) is 20.4 Å². The topological polar surface area (TPSA) is 90.2 Å². The molecule has 5 nitrogen and oxygen atoms in total. The van der Waals surface area contributed by atoms with Crippen molar-refractivity contribution >= 4 is 0 Å². The quantitative estimate of drug-likeness (QED) is 0.583. The molecule has 4 N–H and O–H groups in total. The Labute approximate surface area is 102 Å². The molecule has 0 unspecified atom stereocenters. The molecule has 5 heteroatoms. The van der Waals surface area contributed by atoms with Crippen molar-refractivity contribution in [2.45, 2.75) is 6.10 Å². The van der Waals surface area contributed by atoms with Crippen LogP contribution in [0, 0.1) is 0 Å². The van der Waals surface area contributed by atoms with Crippen molar-refractivity contribution in [3.8, 4) is 0 Å². The van der Waals surface area contributed by atoms with Crippen molar-refractivity contribution in [3.05, 3.63) is 36.4 Å². The SMILES string of the molecule is COCCO.OCC(O)CO.c1ccccc1. The van der Waals surface area contributed by atoms with Gasteiger partial charge in [0.1, 0.15) is 6.10 Å². The minimum Gasteiger partial charge on any atom is -0.394 e. The van der Waals surface area contributed by atoms with Gasteiger partial charge in [-0.3, -0.25) is 0 Å². The fourth-order valence-electron chi connectivity index (χ4n) is 0.534. The number of ether oxygens (including phenoxy) is 1. The van der Waals surface area contributed by atoms with Crippen molar-refractivity contribution in [2.24, 2.45) is 0 Å². The number of hydrogen-bond donors (Lipinski definition) is 4.